The molecule has 4 aromatic rings. The first-order valence-corrected chi connectivity index (χ1v) is 11.7. The summed E-state index contributed by atoms with van der Waals surface area (Å²) in [5.74, 6) is -0.688. The van der Waals surface area contributed by atoms with Crippen molar-refractivity contribution in [3.05, 3.63) is 83.3 Å². The zero-order chi connectivity index (χ0) is 26.0. The van der Waals surface area contributed by atoms with Crippen molar-refractivity contribution in [2.75, 3.05) is 13.6 Å². The Morgan fingerprint density at radius 1 is 1.14 bits per heavy atom. The van der Waals surface area contributed by atoms with E-state index < -0.39 is 5.82 Å². The minimum absolute atomic E-state index is 0.0316. The number of fused-ring (bicyclic) bond motifs is 1. The zero-order valence-corrected chi connectivity index (χ0v) is 20.4. The lowest BCUT2D eigenvalue weighted by atomic mass is 9.93. The number of hydrogen-bond acceptors (Lipinski definition) is 5. The number of nitrogens with two attached hydrogens (primary N) is 1. The van der Waals surface area contributed by atoms with Crippen molar-refractivity contribution in [1.82, 2.24) is 9.88 Å². The van der Waals surface area contributed by atoms with Crippen LogP contribution in [0, 0.1) is 24.1 Å². The van der Waals surface area contributed by atoms with Gasteiger partial charge in [0.2, 0.25) is 0 Å². The van der Waals surface area contributed by atoms with E-state index in [1.54, 1.807) is 43.3 Å². The van der Waals surface area contributed by atoms with Gasteiger partial charge in [0.15, 0.2) is 0 Å². The molecule has 0 bridgehead atoms. The number of halogens is 1. The molecule has 0 unspecified atom stereocenters. The molecule has 0 radical (unpaired) electrons. The number of hydrogen-bond donors (Lipinski definition) is 2. The molecule has 36 heavy (non-hydrogen) atoms. The zero-order valence-electron chi connectivity index (χ0n) is 20.4. The molecule has 1 heterocycles. The summed E-state index contributed by atoms with van der Waals surface area (Å²) in [6.45, 7) is 4.11. The normalized spacial score (nSPS) is 11.8. The van der Waals surface area contributed by atoms with Crippen LogP contribution in [0.5, 0.6) is 5.75 Å². The highest BCUT2D eigenvalue weighted by molar-refractivity contribution is 6.12. The summed E-state index contributed by atoms with van der Waals surface area (Å²) in [6.07, 6.45) is 2.31. The second kappa shape index (κ2) is 10.1. The van der Waals surface area contributed by atoms with Crippen molar-refractivity contribution in [2.24, 2.45) is 5.73 Å². The van der Waals surface area contributed by atoms with Gasteiger partial charge in [0.1, 0.15) is 11.6 Å². The SMILES string of the molecule is CC[C@H](N)CN(C)C(=O)c1c(-c2cc(C)cc(F)c2)cnc2ccc(-c3cc(O)cc(C#N)c3)cc12. The number of likely N-dealkylation sites (N-methyl/N-ethyl adjacent to an activating group) is 1. The molecule has 4 rings (SSSR count). The van der Waals surface area contributed by atoms with E-state index in [9.17, 15) is 19.6 Å². The number of phenols is 1. The van der Waals surface area contributed by atoms with Gasteiger partial charge in [-0.25, -0.2) is 4.39 Å². The number of rotatable bonds is 6. The van der Waals surface area contributed by atoms with E-state index in [1.807, 2.05) is 31.2 Å². The first-order chi connectivity index (χ1) is 17.2. The monoisotopic (exact) mass is 482 g/mol. The molecule has 1 amide bonds. The summed E-state index contributed by atoms with van der Waals surface area (Å²) >= 11 is 0. The van der Waals surface area contributed by atoms with Gasteiger partial charge in [-0.1, -0.05) is 19.1 Å². The number of carbonyl (C=O) groups excluding carboxylic acids is 1. The minimum Gasteiger partial charge on any atom is -0.508 e. The lowest BCUT2D eigenvalue weighted by molar-refractivity contribution is 0.0788. The van der Waals surface area contributed by atoms with Crippen LogP contribution >= 0.6 is 0 Å². The van der Waals surface area contributed by atoms with Crippen LogP contribution in [0.15, 0.2) is 60.8 Å². The number of pyridine rings is 1. The van der Waals surface area contributed by atoms with Crippen LogP contribution in [0.4, 0.5) is 4.39 Å². The maximum atomic E-state index is 14.3. The average molecular weight is 483 g/mol. The number of carbonyl (C=O) groups is 1. The van der Waals surface area contributed by atoms with E-state index in [0.717, 1.165) is 5.56 Å². The predicted molar refractivity (Wildman–Crippen MR) is 139 cm³/mol. The van der Waals surface area contributed by atoms with Crippen LogP contribution < -0.4 is 5.73 Å². The Morgan fingerprint density at radius 2 is 1.92 bits per heavy atom. The standard InChI is InChI=1S/C29H27FN4O2/c1-4-23(32)16-34(3)29(36)28-25-13-19(20-9-18(14-31)10-24(35)12-20)5-6-27(25)33-15-26(28)21-7-17(2)8-22(30)11-21/h5-13,15,23,35H,4,16,32H2,1-3H3/t23-/m0/s1. The number of aromatic hydroxyl groups is 1. The van der Waals surface area contributed by atoms with Gasteiger partial charge in [-0.3, -0.25) is 9.78 Å². The maximum Gasteiger partial charge on any atom is 0.255 e. The van der Waals surface area contributed by atoms with Gasteiger partial charge in [0.05, 0.1) is 22.7 Å². The quantitative estimate of drug-likeness (QED) is 0.383. The molecule has 6 nitrogen and oxygen atoms in total. The van der Waals surface area contributed by atoms with E-state index in [2.05, 4.69) is 4.98 Å². The first kappa shape index (κ1) is 24.8. The molecule has 182 valence electrons. The Balaban J connectivity index is 1.98. The van der Waals surface area contributed by atoms with Crippen LogP contribution in [0.25, 0.3) is 33.2 Å². The Kier molecular flexibility index (Phi) is 7.00. The van der Waals surface area contributed by atoms with Gasteiger partial charge in [0.25, 0.3) is 5.91 Å². The number of phenolic OH excluding ortho intramolecular Hbond substituents is 1. The van der Waals surface area contributed by atoms with Crippen LogP contribution in [-0.4, -0.2) is 40.5 Å². The second-order valence-corrected chi connectivity index (χ2v) is 9.03. The van der Waals surface area contributed by atoms with Gasteiger partial charge in [0, 0.05) is 36.8 Å². The number of nitrogens with zero attached hydrogens (tertiary/aromatic N) is 3. The highest BCUT2D eigenvalue weighted by Gasteiger charge is 2.23. The topological polar surface area (TPSA) is 103 Å². The van der Waals surface area contributed by atoms with Gasteiger partial charge in [-0.15, -0.1) is 0 Å². The van der Waals surface area contributed by atoms with Crippen LogP contribution in [0.2, 0.25) is 0 Å². The van der Waals surface area contributed by atoms with Gasteiger partial charge >= 0.3 is 0 Å². The van der Waals surface area contributed by atoms with Crippen molar-refractivity contribution >= 4 is 16.8 Å². The molecular weight excluding hydrogens is 455 g/mol. The van der Waals surface area contributed by atoms with E-state index in [0.29, 0.717) is 57.2 Å². The Morgan fingerprint density at radius 3 is 2.61 bits per heavy atom. The molecule has 3 N–H and O–H groups in total. The summed E-state index contributed by atoms with van der Waals surface area (Å²) in [7, 11) is 1.70. The van der Waals surface area contributed by atoms with E-state index in [-0.39, 0.29) is 17.7 Å². The molecule has 3 aromatic carbocycles. The Labute approximate surface area is 209 Å². The van der Waals surface area contributed by atoms with Crippen molar-refractivity contribution in [3.63, 3.8) is 0 Å². The van der Waals surface area contributed by atoms with Gasteiger partial charge in [-0.05, 0) is 78.1 Å². The second-order valence-electron chi connectivity index (χ2n) is 9.03. The molecule has 0 aliphatic heterocycles. The fourth-order valence-electron chi connectivity index (χ4n) is 4.31. The van der Waals surface area contributed by atoms with Crippen molar-refractivity contribution in [2.45, 2.75) is 26.3 Å². The largest absolute Gasteiger partial charge is 0.508 e. The van der Waals surface area contributed by atoms with Crippen LogP contribution in [0.3, 0.4) is 0 Å². The van der Waals surface area contributed by atoms with E-state index >= 15 is 0 Å². The summed E-state index contributed by atoms with van der Waals surface area (Å²) in [5.41, 5.74) is 10.5. The highest BCUT2D eigenvalue weighted by atomic mass is 19.1. The molecule has 1 aromatic heterocycles. The summed E-state index contributed by atoms with van der Waals surface area (Å²) in [5, 5.41) is 20.0. The fraction of sp³-hybridized carbons (Fsp3) is 0.207. The number of nitriles is 1. The average Bonchev–Trinajstić information content (AvgIpc) is 2.86. The van der Waals surface area contributed by atoms with Gasteiger partial charge < -0.3 is 15.7 Å². The predicted octanol–water partition coefficient (Wildman–Crippen LogP) is 5.40. The maximum absolute atomic E-state index is 14.3. The molecule has 0 aliphatic rings. The first-order valence-electron chi connectivity index (χ1n) is 11.7. The molecule has 0 saturated heterocycles. The molecule has 1 atom stereocenters. The molecule has 0 fully saturated rings. The lowest BCUT2D eigenvalue weighted by Crippen LogP contribution is -2.38. The number of aryl methyl sites for hydroxylation is 1. The number of aromatic nitrogens is 1. The van der Waals surface area contributed by atoms with Crippen molar-refractivity contribution in [3.8, 4) is 34.1 Å². The minimum atomic E-state index is -0.401. The van der Waals surface area contributed by atoms with Crippen LogP contribution in [-0.2, 0) is 0 Å². The smallest absolute Gasteiger partial charge is 0.255 e. The lowest BCUT2D eigenvalue weighted by Gasteiger charge is -2.23. The number of amides is 1. The third kappa shape index (κ3) is 5.04. The summed E-state index contributed by atoms with van der Waals surface area (Å²) < 4.78 is 14.3. The number of benzene rings is 3. The van der Waals surface area contributed by atoms with Crippen LogP contribution in [0.1, 0.15) is 34.8 Å². The summed E-state index contributed by atoms with van der Waals surface area (Å²) in [4.78, 5) is 20.0. The van der Waals surface area contributed by atoms with E-state index in [4.69, 9.17) is 5.73 Å². The van der Waals surface area contributed by atoms with E-state index in [1.165, 1.54) is 18.2 Å². The third-order valence-electron chi connectivity index (χ3n) is 6.19. The molecule has 7 heteroatoms. The third-order valence-corrected chi connectivity index (χ3v) is 6.19. The molecular formula is C29H27FN4O2. The molecule has 0 saturated carbocycles. The Hall–Kier alpha value is -4.28. The van der Waals surface area contributed by atoms with Gasteiger partial charge in [-0.2, -0.15) is 5.26 Å². The fourth-order valence-corrected chi connectivity index (χ4v) is 4.31. The van der Waals surface area contributed by atoms with Crippen molar-refractivity contribution < 1.29 is 14.3 Å². The highest BCUT2D eigenvalue weighted by Crippen LogP contribution is 2.34. The summed E-state index contributed by atoms with van der Waals surface area (Å²) in [6, 6.07) is 16.5. The van der Waals surface area contributed by atoms with Crippen molar-refractivity contribution in [1.29, 1.82) is 5.26 Å². The Bertz CT molecular complexity index is 1490. The molecule has 0 spiro atoms. The molecule has 0 aliphatic carbocycles.